The van der Waals surface area contributed by atoms with E-state index >= 15 is 0 Å². The van der Waals surface area contributed by atoms with Crippen molar-refractivity contribution in [3.63, 3.8) is 0 Å². The molecule has 2 bridgehead atoms. The molecule has 0 amide bonds. The standard InChI is InChI=1S/C12H21NO3/c1-3-16-12(14)4-11-9-5-13(2)6-10(11)8-15-7-9/h9-11H,3-8H2,1-2H3/t9-,10+,11?. The van der Waals surface area contributed by atoms with E-state index in [-0.39, 0.29) is 5.97 Å². The molecule has 2 heterocycles. The van der Waals surface area contributed by atoms with Gasteiger partial charge in [-0.05, 0) is 31.7 Å². The van der Waals surface area contributed by atoms with Gasteiger partial charge in [0.15, 0.2) is 0 Å². The number of hydrogen-bond donors (Lipinski definition) is 0. The van der Waals surface area contributed by atoms with Crippen LogP contribution >= 0.6 is 0 Å². The van der Waals surface area contributed by atoms with Crippen LogP contribution in [-0.2, 0) is 14.3 Å². The van der Waals surface area contributed by atoms with Crippen LogP contribution in [0.5, 0.6) is 0 Å². The predicted octanol–water partition coefficient (Wildman–Crippen LogP) is 0.764. The Morgan fingerprint density at radius 2 is 2.00 bits per heavy atom. The summed E-state index contributed by atoms with van der Waals surface area (Å²) in [5.74, 6) is 1.42. The van der Waals surface area contributed by atoms with Crippen molar-refractivity contribution >= 4 is 5.97 Å². The van der Waals surface area contributed by atoms with E-state index in [9.17, 15) is 4.79 Å². The fraction of sp³-hybridized carbons (Fsp3) is 0.917. The van der Waals surface area contributed by atoms with E-state index in [2.05, 4.69) is 11.9 Å². The number of esters is 1. The monoisotopic (exact) mass is 227 g/mol. The van der Waals surface area contributed by atoms with E-state index in [1.807, 2.05) is 6.92 Å². The molecule has 0 aromatic carbocycles. The van der Waals surface area contributed by atoms with Gasteiger partial charge in [0, 0.05) is 19.5 Å². The molecular weight excluding hydrogens is 206 g/mol. The number of likely N-dealkylation sites (tertiary alicyclic amines) is 1. The lowest BCUT2D eigenvalue weighted by molar-refractivity contribution is -0.149. The van der Waals surface area contributed by atoms with Crippen molar-refractivity contribution in [2.45, 2.75) is 13.3 Å². The van der Waals surface area contributed by atoms with Gasteiger partial charge >= 0.3 is 5.97 Å². The maximum absolute atomic E-state index is 11.5. The smallest absolute Gasteiger partial charge is 0.306 e. The number of ether oxygens (including phenoxy) is 2. The van der Waals surface area contributed by atoms with Gasteiger partial charge < -0.3 is 14.4 Å². The topological polar surface area (TPSA) is 38.8 Å². The lowest BCUT2D eigenvalue weighted by atomic mass is 9.75. The van der Waals surface area contributed by atoms with Gasteiger partial charge in [-0.25, -0.2) is 0 Å². The van der Waals surface area contributed by atoms with Crippen molar-refractivity contribution in [1.82, 2.24) is 4.90 Å². The first kappa shape index (κ1) is 11.9. The molecule has 0 spiro atoms. The molecular formula is C12H21NO3. The first-order valence-corrected chi connectivity index (χ1v) is 6.12. The van der Waals surface area contributed by atoms with Crippen molar-refractivity contribution in [3.8, 4) is 0 Å². The molecule has 16 heavy (non-hydrogen) atoms. The Bertz CT molecular complexity index is 243. The third-order valence-corrected chi connectivity index (χ3v) is 3.67. The summed E-state index contributed by atoms with van der Waals surface area (Å²) in [6.45, 7) is 6.02. The number of carbonyl (C=O) groups excluding carboxylic acids is 1. The van der Waals surface area contributed by atoms with Crippen LogP contribution in [0.15, 0.2) is 0 Å². The Kier molecular flexibility index (Phi) is 3.82. The highest BCUT2D eigenvalue weighted by Crippen LogP contribution is 2.35. The van der Waals surface area contributed by atoms with Crippen molar-refractivity contribution in [3.05, 3.63) is 0 Å². The van der Waals surface area contributed by atoms with Gasteiger partial charge in [-0.2, -0.15) is 0 Å². The summed E-state index contributed by atoms with van der Waals surface area (Å²) < 4.78 is 10.6. The van der Waals surface area contributed by atoms with Crippen LogP contribution in [-0.4, -0.2) is 50.8 Å². The van der Waals surface area contributed by atoms with Crippen LogP contribution < -0.4 is 0 Å². The zero-order valence-corrected chi connectivity index (χ0v) is 10.1. The molecule has 92 valence electrons. The molecule has 2 aliphatic rings. The molecule has 2 saturated heterocycles. The highest BCUT2D eigenvalue weighted by atomic mass is 16.5. The minimum Gasteiger partial charge on any atom is -0.466 e. The Balaban J connectivity index is 1.95. The third-order valence-electron chi connectivity index (χ3n) is 3.67. The first-order valence-electron chi connectivity index (χ1n) is 6.12. The molecule has 2 rings (SSSR count). The van der Waals surface area contributed by atoms with E-state index in [1.54, 1.807) is 0 Å². The Labute approximate surface area is 96.9 Å². The highest BCUT2D eigenvalue weighted by Gasteiger charge is 2.40. The van der Waals surface area contributed by atoms with Crippen LogP contribution in [0.3, 0.4) is 0 Å². The average molecular weight is 227 g/mol. The molecule has 0 N–H and O–H groups in total. The molecule has 0 radical (unpaired) electrons. The van der Waals surface area contributed by atoms with E-state index in [4.69, 9.17) is 9.47 Å². The fourth-order valence-electron chi connectivity index (χ4n) is 3.00. The molecule has 2 fully saturated rings. The molecule has 4 nitrogen and oxygen atoms in total. The highest BCUT2D eigenvalue weighted by molar-refractivity contribution is 5.69. The van der Waals surface area contributed by atoms with E-state index < -0.39 is 0 Å². The van der Waals surface area contributed by atoms with Crippen molar-refractivity contribution in [2.75, 3.05) is 40.0 Å². The van der Waals surface area contributed by atoms with E-state index in [1.165, 1.54) is 0 Å². The Morgan fingerprint density at radius 1 is 1.38 bits per heavy atom. The van der Waals surface area contributed by atoms with Gasteiger partial charge in [0.2, 0.25) is 0 Å². The number of piperidine rings is 1. The number of hydrogen-bond acceptors (Lipinski definition) is 4. The summed E-state index contributed by atoms with van der Waals surface area (Å²) in [5.41, 5.74) is 0. The molecule has 0 aliphatic carbocycles. The second-order valence-electron chi connectivity index (χ2n) is 4.95. The van der Waals surface area contributed by atoms with E-state index in [0.29, 0.717) is 30.8 Å². The van der Waals surface area contributed by atoms with Gasteiger partial charge in [0.05, 0.1) is 19.8 Å². The normalized spacial score (nSPS) is 34.8. The number of rotatable bonds is 3. The lowest BCUT2D eigenvalue weighted by Crippen LogP contribution is -2.51. The zero-order valence-electron chi connectivity index (χ0n) is 10.1. The minimum absolute atomic E-state index is 0.0473. The van der Waals surface area contributed by atoms with Crippen LogP contribution in [0.25, 0.3) is 0 Å². The van der Waals surface area contributed by atoms with Crippen LogP contribution in [0.2, 0.25) is 0 Å². The maximum Gasteiger partial charge on any atom is 0.306 e. The lowest BCUT2D eigenvalue weighted by Gasteiger charge is -2.45. The second kappa shape index (κ2) is 5.15. The Hall–Kier alpha value is -0.610. The van der Waals surface area contributed by atoms with Gasteiger partial charge in [-0.3, -0.25) is 4.79 Å². The summed E-state index contributed by atoms with van der Waals surface area (Å²) in [4.78, 5) is 13.9. The molecule has 1 unspecified atom stereocenters. The second-order valence-corrected chi connectivity index (χ2v) is 4.95. The summed E-state index contributed by atoms with van der Waals surface area (Å²) in [6, 6.07) is 0. The fourth-order valence-corrected chi connectivity index (χ4v) is 3.00. The summed E-state index contributed by atoms with van der Waals surface area (Å²) in [6.07, 6.45) is 0.570. The minimum atomic E-state index is -0.0473. The number of fused-ring (bicyclic) bond motifs is 2. The van der Waals surface area contributed by atoms with Crippen LogP contribution in [0.1, 0.15) is 13.3 Å². The van der Waals surface area contributed by atoms with Crippen molar-refractivity contribution in [2.24, 2.45) is 17.8 Å². The van der Waals surface area contributed by atoms with Gasteiger partial charge in [-0.1, -0.05) is 0 Å². The molecule has 4 heteroatoms. The molecule has 2 aliphatic heterocycles. The Morgan fingerprint density at radius 3 is 2.56 bits per heavy atom. The molecule has 0 aromatic heterocycles. The zero-order chi connectivity index (χ0) is 11.5. The van der Waals surface area contributed by atoms with Crippen molar-refractivity contribution < 1.29 is 14.3 Å². The number of carbonyl (C=O) groups is 1. The largest absolute Gasteiger partial charge is 0.466 e. The van der Waals surface area contributed by atoms with Crippen LogP contribution in [0.4, 0.5) is 0 Å². The van der Waals surface area contributed by atoms with Gasteiger partial charge in [0.25, 0.3) is 0 Å². The van der Waals surface area contributed by atoms with Gasteiger partial charge in [-0.15, -0.1) is 0 Å². The third kappa shape index (κ3) is 2.55. The maximum atomic E-state index is 11.5. The number of nitrogens with zero attached hydrogens (tertiary/aromatic N) is 1. The SMILES string of the molecule is CCOC(=O)CC1[C@@H]2COC[C@H]1CN(C)C2. The average Bonchev–Trinajstić information content (AvgIpc) is 2.19. The van der Waals surface area contributed by atoms with Crippen LogP contribution in [0, 0.1) is 17.8 Å². The van der Waals surface area contributed by atoms with Crippen molar-refractivity contribution in [1.29, 1.82) is 0 Å². The van der Waals surface area contributed by atoms with E-state index in [0.717, 1.165) is 26.3 Å². The predicted molar refractivity (Wildman–Crippen MR) is 60.0 cm³/mol. The molecule has 0 aromatic rings. The quantitative estimate of drug-likeness (QED) is 0.667. The molecule has 0 saturated carbocycles. The van der Waals surface area contributed by atoms with Gasteiger partial charge in [0.1, 0.15) is 0 Å². The first-order chi connectivity index (χ1) is 7.70. The summed E-state index contributed by atoms with van der Waals surface area (Å²) >= 11 is 0. The summed E-state index contributed by atoms with van der Waals surface area (Å²) in [5, 5.41) is 0. The summed E-state index contributed by atoms with van der Waals surface area (Å²) in [7, 11) is 2.14. The molecule has 3 atom stereocenters.